The van der Waals surface area contributed by atoms with Crippen LogP contribution in [0.25, 0.3) is 0 Å². The summed E-state index contributed by atoms with van der Waals surface area (Å²) in [7, 11) is 1.33. The third-order valence-corrected chi connectivity index (χ3v) is 3.43. The van der Waals surface area contributed by atoms with Crippen LogP contribution in [0.5, 0.6) is 0 Å². The molecule has 1 aromatic carbocycles. The van der Waals surface area contributed by atoms with E-state index in [0.717, 1.165) is 11.4 Å². The van der Waals surface area contributed by atoms with E-state index in [0.29, 0.717) is 24.1 Å². The molecule has 0 saturated carbocycles. The van der Waals surface area contributed by atoms with E-state index < -0.39 is 5.97 Å². The fourth-order valence-corrected chi connectivity index (χ4v) is 2.19. The third-order valence-electron chi connectivity index (χ3n) is 3.43. The molecule has 23 heavy (non-hydrogen) atoms. The Kier molecular flexibility index (Phi) is 5.48. The van der Waals surface area contributed by atoms with Crippen LogP contribution in [0, 0.1) is 11.3 Å². The van der Waals surface area contributed by atoms with E-state index in [1.54, 1.807) is 18.3 Å². The van der Waals surface area contributed by atoms with Gasteiger partial charge in [0.25, 0.3) is 0 Å². The molecule has 0 N–H and O–H groups in total. The number of imidazole rings is 1. The highest BCUT2D eigenvalue weighted by molar-refractivity contribution is 5.91. The number of carbonyl (C=O) groups is 1. The quantitative estimate of drug-likeness (QED) is 0.467. The Bertz CT molecular complexity index is 782. The summed E-state index contributed by atoms with van der Waals surface area (Å²) in [6.07, 6.45) is 7.21. The summed E-state index contributed by atoms with van der Waals surface area (Å²) >= 11 is 0. The average Bonchev–Trinajstić information content (AvgIpc) is 3.02. The zero-order chi connectivity index (χ0) is 16.7. The van der Waals surface area contributed by atoms with E-state index in [-0.39, 0.29) is 0 Å². The molecule has 0 saturated heterocycles. The number of nitriles is 1. The van der Waals surface area contributed by atoms with Gasteiger partial charge >= 0.3 is 5.97 Å². The van der Waals surface area contributed by atoms with E-state index in [4.69, 9.17) is 5.26 Å². The Morgan fingerprint density at radius 3 is 2.96 bits per heavy atom. The number of methoxy groups -OCH3 is 1. The molecule has 2 aromatic rings. The maximum Gasteiger partial charge on any atom is 0.337 e. The zero-order valence-electron chi connectivity index (χ0n) is 12.9. The van der Waals surface area contributed by atoms with Gasteiger partial charge in [-0.2, -0.15) is 5.26 Å². The second kappa shape index (κ2) is 7.76. The van der Waals surface area contributed by atoms with Crippen molar-refractivity contribution >= 4 is 5.97 Å². The van der Waals surface area contributed by atoms with Crippen LogP contribution >= 0.6 is 0 Å². The maximum absolute atomic E-state index is 11.5. The van der Waals surface area contributed by atoms with Gasteiger partial charge in [-0.25, -0.2) is 9.78 Å². The number of aromatic nitrogens is 2. The molecule has 0 fully saturated rings. The van der Waals surface area contributed by atoms with E-state index in [1.165, 1.54) is 13.2 Å². The third kappa shape index (κ3) is 3.95. The average molecular weight is 307 g/mol. The van der Waals surface area contributed by atoms with Crippen molar-refractivity contribution < 1.29 is 9.53 Å². The predicted molar refractivity (Wildman–Crippen MR) is 86.5 cm³/mol. The first-order chi connectivity index (χ1) is 11.2. The number of benzene rings is 1. The second-order valence-electron chi connectivity index (χ2n) is 4.80. The predicted octanol–water partition coefficient (Wildman–Crippen LogP) is 2.63. The van der Waals surface area contributed by atoms with Gasteiger partial charge in [-0.05, 0) is 11.6 Å². The Balaban J connectivity index is 2.20. The maximum atomic E-state index is 11.5. The molecule has 0 amide bonds. The second-order valence-corrected chi connectivity index (χ2v) is 4.80. The van der Waals surface area contributed by atoms with Gasteiger partial charge in [-0.3, -0.25) is 0 Å². The van der Waals surface area contributed by atoms with Gasteiger partial charge in [0.2, 0.25) is 0 Å². The van der Waals surface area contributed by atoms with Crippen LogP contribution in [0.3, 0.4) is 0 Å². The standard InChI is InChI=1S/C18H17N3O2/c1-3-14(18(22)23-2)8-9-17-20-10-11-21(17)13-16-7-5-4-6-15(16)12-19/h3-8,10-11H,1,9,13H2,2H3/b14-8+. The number of allylic oxidation sites excluding steroid dienone is 1. The molecule has 0 aliphatic carbocycles. The lowest BCUT2D eigenvalue weighted by Crippen LogP contribution is -2.07. The van der Waals surface area contributed by atoms with E-state index in [1.807, 2.05) is 29.0 Å². The molecule has 0 atom stereocenters. The number of rotatable bonds is 6. The normalized spacial score (nSPS) is 10.9. The van der Waals surface area contributed by atoms with Gasteiger partial charge < -0.3 is 9.30 Å². The molecule has 0 aliphatic heterocycles. The van der Waals surface area contributed by atoms with Crippen molar-refractivity contribution in [2.24, 2.45) is 0 Å². The number of ether oxygens (including phenoxy) is 1. The van der Waals surface area contributed by atoms with Crippen LogP contribution in [0.1, 0.15) is 17.0 Å². The Labute approximate surface area is 135 Å². The Morgan fingerprint density at radius 2 is 2.26 bits per heavy atom. The van der Waals surface area contributed by atoms with Crippen LogP contribution < -0.4 is 0 Å². The fourth-order valence-electron chi connectivity index (χ4n) is 2.19. The molecule has 0 spiro atoms. The van der Waals surface area contributed by atoms with E-state index in [2.05, 4.69) is 22.4 Å². The van der Waals surface area contributed by atoms with Crippen LogP contribution in [0.4, 0.5) is 0 Å². The zero-order valence-corrected chi connectivity index (χ0v) is 12.9. The molecule has 0 bridgehead atoms. The van der Waals surface area contributed by atoms with Gasteiger partial charge in [0, 0.05) is 18.8 Å². The molecule has 116 valence electrons. The first-order valence-corrected chi connectivity index (χ1v) is 7.08. The summed E-state index contributed by atoms with van der Waals surface area (Å²) in [6.45, 7) is 4.16. The fraction of sp³-hybridized carbons (Fsp3) is 0.167. The van der Waals surface area contributed by atoms with Crippen LogP contribution in [0.15, 0.2) is 61.0 Å². The Morgan fingerprint density at radius 1 is 1.48 bits per heavy atom. The van der Waals surface area contributed by atoms with Crippen molar-refractivity contribution in [3.05, 3.63) is 77.9 Å². The lowest BCUT2D eigenvalue weighted by molar-refractivity contribution is -0.135. The summed E-state index contributed by atoms with van der Waals surface area (Å²) in [5.41, 5.74) is 1.97. The highest BCUT2D eigenvalue weighted by Crippen LogP contribution is 2.12. The number of esters is 1. The molecular weight excluding hydrogens is 290 g/mol. The first-order valence-electron chi connectivity index (χ1n) is 7.08. The lowest BCUT2D eigenvalue weighted by Gasteiger charge is -2.08. The van der Waals surface area contributed by atoms with Gasteiger partial charge in [-0.1, -0.05) is 36.9 Å². The van der Waals surface area contributed by atoms with Gasteiger partial charge in [-0.15, -0.1) is 0 Å². The SMILES string of the molecule is C=C/C(=C\Cc1nccn1Cc1ccccc1C#N)C(=O)OC. The number of nitrogens with zero attached hydrogens (tertiary/aromatic N) is 3. The van der Waals surface area contributed by atoms with Gasteiger partial charge in [0.15, 0.2) is 0 Å². The largest absolute Gasteiger partial charge is 0.465 e. The topological polar surface area (TPSA) is 67.9 Å². The smallest absolute Gasteiger partial charge is 0.337 e. The minimum Gasteiger partial charge on any atom is -0.465 e. The monoisotopic (exact) mass is 307 g/mol. The van der Waals surface area contributed by atoms with Crippen molar-refractivity contribution in [3.8, 4) is 6.07 Å². The highest BCUT2D eigenvalue weighted by atomic mass is 16.5. The first kappa shape index (κ1) is 16.2. The van der Waals surface area contributed by atoms with Crippen molar-refractivity contribution in [3.63, 3.8) is 0 Å². The molecule has 0 aliphatic rings. The summed E-state index contributed by atoms with van der Waals surface area (Å²) in [4.78, 5) is 15.8. The van der Waals surface area contributed by atoms with E-state index >= 15 is 0 Å². The van der Waals surface area contributed by atoms with Crippen molar-refractivity contribution in [2.75, 3.05) is 7.11 Å². The molecule has 1 aromatic heterocycles. The molecule has 5 heteroatoms. The minimum absolute atomic E-state index is 0.402. The van der Waals surface area contributed by atoms with Gasteiger partial charge in [0.1, 0.15) is 5.82 Å². The molecule has 0 unspecified atom stereocenters. The van der Waals surface area contributed by atoms with Crippen molar-refractivity contribution in [1.29, 1.82) is 5.26 Å². The summed E-state index contributed by atoms with van der Waals surface area (Å²) < 4.78 is 6.64. The van der Waals surface area contributed by atoms with Crippen LogP contribution in [-0.4, -0.2) is 22.6 Å². The van der Waals surface area contributed by atoms with Gasteiger partial charge in [0.05, 0.1) is 30.9 Å². The van der Waals surface area contributed by atoms with E-state index in [9.17, 15) is 4.79 Å². The number of carbonyl (C=O) groups excluding carboxylic acids is 1. The highest BCUT2D eigenvalue weighted by Gasteiger charge is 2.08. The van der Waals surface area contributed by atoms with Crippen LogP contribution in [-0.2, 0) is 22.5 Å². The molecule has 1 heterocycles. The van der Waals surface area contributed by atoms with Crippen molar-refractivity contribution in [1.82, 2.24) is 9.55 Å². The molecule has 2 rings (SSSR count). The Hall–Kier alpha value is -3.13. The summed E-state index contributed by atoms with van der Waals surface area (Å²) in [5.74, 6) is 0.369. The number of hydrogen-bond acceptors (Lipinski definition) is 4. The van der Waals surface area contributed by atoms with Crippen LogP contribution in [0.2, 0.25) is 0 Å². The summed E-state index contributed by atoms with van der Waals surface area (Å²) in [5, 5.41) is 9.17. The van der Waals surface area contributed by atoms with Crippen molar-refractivity contribution in [2.45, 2.75) is 13.0 Å². The minimum atomic E-state index is -0.423. The molecule has 5 nitrogen and oxygen atoms in total. The molecule has 0 radical (unpaired) electrons. The summed E-state index contributed by atoms with van der Waals surface area (Å²) in [6, 6.07) is 9.64. The molecular formula is C18H17N3O2. The lowest BCUT2D eigenvalue weighted by atomic mass is 10.1. The number of hydrogen-bond donors (Lipinski definition) is 0.